The molecule has 6 nitrogen and oxygen atoms in total. The van der Waals surface area contributed by atoms with Gasteiger partial charge < -0.3 is 26.6 Å². The summed E-state index contributed by atoms with van der Waals surface area (Å²) in [5.41, 5.74) is 0. The van der Waals surface area contributed by atoms with Gasteiger partial charge >= 0.3 is 25.7 Å². The van der Waals surface area contributed by atoms with Crippen molar-refractivity contribution in [3.8, 4) is 0 Å². The van der Waals surface area contributed by atoms with Crippen LogP contribution in [0, 0.1) is 0 Å². The summed E-state index contributed by atoms with van der Waals surface area (Å²) in [6.07, 6.45) is 0.366. The largest absolute Gasteiger partial charge is 0.437 e. The lowest BCUT2D eigenvalue weighted by atomic mass is 10.8. The monoisotopic (exact) mass is 400 g/mol. The molecule has 23 heavy (non-hydrogen) atoms. The summed E-state index contributed by atoms with van der Waals surface area (Å²) in [5, 5.41) is 0. The van der Waals surface area contributed by atoms with Gasteiger partial charge in [0.25, 0.3) is 0 Å². The van der Waals surface area contributed by atoms with Crippen LogP contribution >= 0.6 is 0 Å². The molecule has 0 aliphatic heterocycles. The van der Waals surface area contributed by atoms with Crippen LogP contribution < -0.4 is 0 Å². The Morgan fingerprint density at radius 3 is 1.83 bits per heavy atom. The van der Waals surface area contributed by atoms with E-state index in [0.29, 0.717) is 25.5 Å². The van der Waals surface area contributed by atoms with E-state index in [0.717, 1.165) is 0 Å². The van der Waals surface area contributed by atoms with Crippen molar-refractivity contribution in [3.05, 3.63) is 0 Å². The molecule has 0 saturated carbocycles. The average molecular weight is 401 g/mol. The van der Waals surface area contributed by atoms with Crippen molar-refractivity contribution < 1.29 is 26.6 Å². The van der Waals surface area contributed by atoms with Gasteiger partial charge in [0.05, 0.1) is 19.4 Å². The zero-order valence-corrected chi connectivity index (χ0v) is 20.3. The van der Waals surface area contributed by atoms with E-state index in [-0.39, 0.29) is 0 Å². The van der Waals surface area contributed by atoms with E-state index in [1.165, 1.54) is 0 Å². The standard InChI is InChI=1S/C13H36O6Si4/c1-10-22(8,14)19-23(9,13-16-12-11-15-2)18-21(6,7)17-20(3,4)5/h14H,10-13H2,1-9H3. The number of methoxy groups -OCH3 is 1. The number of rotatable bonds is 12. The smallest absolute Gasteiger partial charge is 0.344 e. The molecular formula is C13H36O6Si4. The highest BCUT2D eigenvalue weighted by Crippen LogP contribution is 2.24. The van der Waals surface area contributed by atoms with Crippen molar-refractivity contribution in [1.82, 2.24) is 0 Å². The van der Waals surface area contributed by atoms with Crippen LogP contribution in [0.4, 0.5) is 0 Å². The van der Waals surface area contributed by atoms with E-state index in [1.807, 2.05) is 26.6 Å². The molecule has 2 atom stereocenters. The van der Waals surface area contributed by atoms with Crippen molar-refractivity contribution in [3.63, 3.8) is 0 Å². The summed E-state index contributed by atoms with van der Waals surface area (Å²) >= 11 is 0. The first-order valence-electron chi connectivity index (χ1n) is 8.14. The normalized spacial score (nSPS) is 18.5. The van der Waals surface area contributed by atoms with Gasteiger partial charge in [0.15, 0.2) is 8.32 Å². The highest BCUT2D eigenvalue weighted by Gasteiger charge is 2.46. The molecule has 0 aromatic carbocycles. The first-order chi connectivity index (χ1) is 10.2. The maximum absolute atomic E-state index is 10.5. The molecule has 0 saturated heterocycles. The highest BCUT2D eigenvalue weighted by atomic mass is 28.5. The lowest BCUT2D eigenvalue weighted by molar-refractivity contribution is 0.0792. The van der Waals surface area contributed by atoms with Gasteiger partial charge in [0, 0.05) is 7.11 Å². The van der Waals surface area contributed by atoms with Gasteiger partial charge in [-0.25, -0.2) is 0 Å². The fourth-order valence-electron chi connectivity index (χ4n) is 2.30. The van der Waals surface area contributed by atoms with E-state index >= 15 is 0 Å². The van der Waals surface area contributed by atoms with E-state index in [2.05, 4.69) is 19.6 Å². The molecule has 2 unspecified atom stereocenters. The second-order valence-corrected chi connectivity index (χ2v) is 22.6. The van der Waals surface area contributed by atoms with Crippen LogP contribution in [0.3, 0.4) is 0 Å². The molecule has 0 radical (unpaired) electrons. The molecule has 0 heterocycles. The SMILES string of the molecule is CC[Si](C)(O)O[Si](C)(COCCOC)O[Si](C)(C)O[Si](C)(C)C. The van der Waals surface area contributed by atoms with Crippen LogP contribution in [0.5, 0.6) is 0 Å². The third-order valence-electron chi connectivity index (χ3n) is 2.90. The van der Waals surface area contributed by atoms with Crippen LogP contribution in [0.25, 0.3) is 0 Å². The van der Waals surface area contributed by atoms with Crippen LogP contribution in [-0.2, 0) is 21.8 Å². The number of hydrogen-bond acceptors (Lipinski definition) is 6. The molecule has 0 spiro atoms. The van der Waals surface area contributed by atoms with Gasteiger partial charge in [-0.05, 0) is 51.9 Å². The maximum Gasteiger partial charge on any atom is 0.344 e. The van der Waals surface area contributed by atoms with Gasteiger partial charge in [0.1, 0.15) is 0 Å². The summed E-state index contributed by atoms with van der Waals surface area (Å²) < 4.78 is 29.5. The molecule has 0 aliphatic carbocycles. The minimum Gasteiger partial charge on any atom is -0.437 e. The molecule has 0 rings (SSSR count). The second-order valence-electron chi connectivity index (χ2n) is 7.53. The molecule has 0 aromatic rings. The van der Waals surface area contributed by atoms with Crippen LogP contribution in [0.2, 0.25) is 51.9 Å². The van der Waals surface area contributed by atoms with Crippen molar-refractivity contribution >= 4 is 34.0 Å². The highest BCUT2D eigenvalue weighted by molar-refractivity contribution is 6.88. The molecule has 0 amide bonds. The van der Waals surface area contributed by atoms with E-state index in [9.17, 15) is 4.80 Å². The van der Waals surface area contributed by atoms with E-state index < -0.39 is 34.0 Å². The van der Waals surface area contributed by atoms with Gasteiger partial charge in [0.2, 0.25) is 0 Å². The second kappa shape index (κ2) is 9.36. The summed E-state index contributed by atoms with van der Waals surface area (Å²) in [6.45, 7) is 17.2. The van der Waals surface area contributed by atoms with Crippen LogP contribution in [0.1, 0.15) is 6.92 Å². The first-order valence-corrected chi connectivity index (χ1v) is 19.4. The molecule has 140 valence electrons. The topological polar surface area (TPSA) is 66.4 Å². The number of ether oxygens (including phenoxy) is 2. The van der Waals surface area contributed by atoms with Crippen LogP contribution in [0.15, 0.2) is 0 Å². The third kappa shape index (κ3) is 11.7. The fourth-order valence-corrected chi connectivity index (χ4v) is 18.7. The Kier molecular flexibility index (Phi) is 9.62. The van der Waals surface area contributed by atoms with Crippen molar-refractivity contribution in [2.75, 3.05) is 26.6 Å². The minimum absolute atomic E-state index is 0.366. The lowest BCUT2D eigenvalue weighted by Crippen LogP contribution is -2.60. The van der Waals surface area contributed by atoms with Gasteiger partial charge in [-0.15, -0.1) is 0 Å². The first kappa shape index (κ1) is 23.6. The molecule has 0 aliphatic rings. The molecule has 0 bridgehead atoms. The van der Waals surface area contributed by atoms with E-state index in [1.54, 1.807) is 13.7 Å². The predicted octanol–water partition coefficient (Wildman–Crippen LogP) is 2.93. The third-order valence-corrected chi connectivity index (χ3v) is 16.5. The van der Waals surface area contributed by atoms with Crippen molar-refractivity contribution in [2.24, 2.45) is 0 Å². The van der Waals surface area contributed by atoms with Gasteiger partial charge in [-0.1, -0.05) is 6.92 Å². The molecule has 0 fully saturated rings. The summed E-state index contributed by atoms with van der Waals surface area (Å²) in [6, 6.07) is 0.619. The zero-order valence-electron chi connectivity index (χ0n) is 16.3. The Bertz CT molecular complexity index is 348. The zero-order chi connectivity index (χ0) is 18.4. The van der Waals surface area contributed by atoms with Crippen molar-refractivity contribution in [1.29, 1.82) is 0 Å². The molecule has 1 N–H and O–H groups in total. The minimum atomic E-state index is -2.74. The predicted molar refractivity (Wildman–Crippen MR) is 103 cm³/mol. The number of hydrogen-bond donors (Lipinski definition) is 1. The summed E-state index contributed by atoms with van der Waals surface area (Å²) in [5.74, 6) is 0. The average Bonchev–Trinajstić information content (AvgIpc) is 2.30. The summed E-state index contributed by atoms with van der Waals surface area (Å²) in [4.78, 5) is 10.5. The van der Waals surface area contributed by atoms with E-state index in [4.69, 9.17) is 21.8 Å². The van der Waals surface area contributed by atoms with Gasteiger partial charge in [-0.3, -0.25) is 0 Å². The Labute approximate surface area is 146 Å². The lowest BCUT2D eigenvalue weighted by Gasteiger charge is -2.40. The molecule has 10 heteroatoms. The summed E-state index contributed by atoms with van der Waals surface area (Å²) in [7, 11) is -7.86. The molecule has 0 aromatic heterocycles. The maximum atomic E-state index is 10.5. The fraction of sp³-hybridized carbons (Fsp3) is 1.00. The Balaban J connectivity index is 5.02. The van der Waals surface area contributed by atoms with Gasteiger partial charge in [-0.2, -0.15) is 0 Å². The van der Waals surface area contributed by atoms with Crippen molar-refractivity contribution in [2.45, 2.75) is 58.8 Å². The quantitative estimate of drug-likeness (QED) is 0.401. The molecular weight excluding hydrogens is 364 g/mol. The Morgan fingerprint density at radius 1 is 0.826 bits per heavy atom. The Morgan fingerprint density at radius 2 is 1.39 bits per heavy atom. The Hall–Kier alpha value is 0.628. The van der Waals surface area contributed by atoms with Crippen LogP contribution in [-0.4, -0.2) is 65.3 Å².